The molecule has 4 aromatic rings. The van der Waals surface area contributed by atoms with E-state index >= 15 is 0 Å². The lowest BCUT2D eigenvalue weighted by Crippen LogP contribution is -2.42. The molecule has 1 saturated carbocycles. The first-order valence-corrected chi connectivity index (χ1v) is 13.2. The van der Waals surface area contributed by atoms with Crippen LogP contribution in [0.25, 0.3) is 22.2 Å². The summed E-state index contributed by atoms with van der Waals surface area (Å²) in [4.78, 5) is 19.5. The van der Waals surface area contributed by atoms with Crippen LogP contribution < -0.4 is 4.90 Å². The fourth-order valence-electron chi connectivity index (χ4n) is 6.07. The van der Waals surface area contributed by atoms with Crippen LogP contribution in [0.1, 0.15) is 61.5 Å². The Morgan fingerprint density at radius 3 is 2.49 bits per heavy atom. The van der Waals surface area contributed by atoms with E-state index in [1.165, 1.54) is 11.0 Å². The zero-order valence-corrected chi connectivity index (χ0v) is 22.1. The van der Waals surface area contributed by atoms with Crippen molar-refractivity contribution in [1.29, 1.82) is 0 Å². The summed E-state index contributed by atoms with van der Waals surface area (Å²) < 4.78 is 46.6. The molecule has 1 saturated heterocycles. The molecular formula is C29H30F2N4O4. The molecule has 1 aliphatic heterocycles. The van der Waals surface area contributed by atoms with E-state index in [4.69, 9.17) is 19.0 Å². The van der Waals surface area contributed by atoms with Gasteiger partial charge < -0.3 is 18.6 Å². The van der Waals surface area contributed by atoms with Crippen LogP contribution in [0.2, 0.25) is 0 Å². The van der Waals surface area contributed by atoms with E-state index < -0.39 is 23.8 Å². The Morgan fingerprint density at radius 2 is 1.79 bits per heavy atom. The van der Waals surface area contributed by atoms with Crippen LogP contribution in [0, 0.1) is 25.5 Å². The Kier molecular flexibility index (Phi) is 6.58. The van der Waals surface area contributed by atoms with Gasteiger partial charge in [-0.15, -0.1) is 0 Å². The summed E-state index contributed by atoms with van der Waals surface area (Å²) in [6, 6.07) is 9.18. The highest BCUT2D eigenvalue weighted by atomic mass is 19.2. The van der Waals surface area contributed by atoms with Gasteiger partial charge in [-0.2, -0.15) is 0 Å². The van der Waals surface area contributed by atoms with Crippen LogP contribution in [0.15, 0.2) is 40.9 Å². The molecule has 2 aromatic carbocycles. The van der Waals surface area contributed by atoms with Crippen LogP contribution in [0.4, 0.5) is 19.3 Å². The van der Waals surface area contributed by atoms with Crippen molar-refractivity contribution in [3.63, 3.8) is 0 Å². The van der Waals surface area contributed by atoms with Crippen molar-refractivity contribution >= 4 is 22.8 Å². The minimum atomic E-state index is -1.03. The molecule has 6 rings (SSSR count). The van der Waals surface area contributed by atoms with Gasteiger partial charge in [-0.25, -0.2) is 18.6 Å². The van der Waals surface area contributed by atoms with Gasteiger partial charge in [-0.05, 0) is 69.4 Å². The molecule has 2 aromatic heterocycles. The van der Waals surface area contributed by atoms with Crippen molar-refractivity contribution in [2.45, 2.75) is 64.1 Å². The number of benzene rings is 2. The minimum Gasteiger partial charge on any atom is -0.449 e. The summed E-state index contributed by atoms with van der Waals surface area (Å²) >= 11 is 0. The number of cyclic esters (lactones) is 1. The average molecular weight is 537 g/mol. The van der Waals surface area contributed by atoms with Gasteiger partial charge in [0.1, 0.15) is 17.6 Å². The van der Waals surface area contributed by atoms with Crippen LogP contribution >= 0.6 is 0 Å². The van der Waals surface area contributed by atoms with E-state index in [-0.39, 0.29) is 24.4 Å². The molecule has 1 atom stereocenters. The molecule has 1 amide bonds. The lowest BCUT2D eigenvalue weighted by molar-refractivity contribution is 0.0582. The lowest BCUT2D eigenvalue weighted by Gasteiger charge is -2.37. The normalized spacial score (nSPS) is 21.9. The predicted molar refractivity (Wildman–Crippen MR) is 141 cm³/mol. The number of carbonyl (C=O) groups excluding carboxylic acids is 1. The highest BCUT2D eigenvalue weighted by Crippen LogP contribution is 2.41. The van der Waals surface area contributed by atoms with Crippen molar-refractivity contribution in [3.05, 3.63) is 65.3 Å². The average Bonchev–Trinajstić information content (AvgIpc) is 3.48. The molecular weight excluding hydrogens is 506 g/mol. The summed E-state index contributed by atoms with van der Waals surface area (Å²) in [6.45, 7) is 3.99. The zero-order valence-electron chi connectivity index (χ0n) is 22.1. The number of halogens is 2. The van der Waals surface area contributed by atoms with Crippen LogP contribution in [0.5, 0.6) is 0 Å². The van der Waals surface area contributed by atoms with Gasteiger partial charge in [0.05, 0.1) is 35.1 Å². The fraction of sp³-hybridized carbons (Fsp3) is 0.414. The largest absolute Gasteiger partial charge is 0.449 e. The van der Waals surface area contributed by atoms with Crippen molar-refractivity contribution in [2.75, 3.05) is 18.6 Å². The van der Waals surface area contributed by atoms with Gasteiger partial charge in [-0.3, -0.25) is 4.90 Å². The molecule has 204 valence electrons. The first kappa shape index (κ1) is 25.5. The molecule has 0 N–H and O–H groups in total. The van der Waals surface area contributed by atoms with E-state index in [1.807, 2.05) is 26.0 Å². The fourth-order valence-corrected chi connectivity index (χ4v) is 6.07. The van der Waals surface area contributed by atoms with Gasteiger partial charge in [0, 0.05) is 31.2 Å². The number of carbonyl (C=O) groups is 1. The summed E-state index contributed by atoms with van der Waals surface area (Å²) in [5.41, 5.74) is 4.62. The number of methoxy groups -OCH3 is 1. The second-order valence-corrected chi connectivity index (χ2v) is 10.3. The molecule has 0 unspecified atom stereocenters. The number of aryl methyl sites for hydroxylation is 2. The Bertz CT molecular complexity index is 1520. The molecule has 0 spiro atoms. The molecule has 39 heavy (non-hydrogen) atoms. The third-order valence-electron chi connectivity index (χ3n) is 7.99. The standard InChI is InChI=1S/C29H30F2N4O4/c1-16-27(17(2)39-33-16)18-4-11-25-24(14-18)32-28(34(25)19-5-8-21(37-3)9-6-19)26-12-13-38-29(36)35(26)20-7-10-22(30)23(31)15-20/h4,7,10-11,14-15,19,21,26H,5-6,8-9,12-13H2,1-3H3/t19?,21?,26-/m0/s1. The zero-order chi connectivity index (χ0) is 27.3. The van der Waals surface area contributed by atoms with E-state index in [0.717, 1.165) is 71.4 Å². The van der Waals surface area contributed by atoms with Gasteiger partial charge in [0.25, 0.3) is 0 Å². The maximum Gasteiger partial charge on any atom is 0.414 e. The maximum absolute atomic E-state index is 14.2. The van der Waals surface area contributed by atoms with Crippen LogP contribution in [-0.4, -0.2) is 40.6 Å². The predicted octanol–water partition coefficient (Wildman–Crippen LogP) is 6.80. The number of amides is 1. The molecule has 0 radical (unpaired) electrons. The number of fused-ring (bicyclic) bond motifs is 1. The summed E-state index contributed by atoms with van der Waals surface area (Å²) in [5, 5.41) is 4.09. The van der Waals surface area contributed by atoms with E-state index in [0.29, 0.717) is 12.2 Å². The van der Waals surface area contributed by atoms with Crippen molar-refractivity contribution in [2.24, 2.45) is 0 Å². The highest BCUT2D eigenvalue weighted by molar-refractivity contribution is 5.90. The van der Waals surface area contributed by atoms with Gasteiger partial charge >= 0.3 is 6.09 Å². The van der Waals surface area contributed by atoms with E-state index in [1.54, 1.807) is 7.11 Å². The molecule has 8 nitrogen and oxygen atoms in total. The van der Waals surface area contributed by atoms with Gasteiger partial charge in [-0.1, -0.05) is 11.2 Å². The Morgan fingerprint density at radius 1 is 1.00 bits per heavy atom. The van der Waals surface area contributed by atoms with Crippen LogP contribution in [-0.2, 0) is 9.47 Å². The quantitative estimate of drug-likeness (QED) is 0.279. The van der Waals surface area contributed by atoms with Crippen LogP contribution in [0.3, 0.4) is 0 Å². The third-order valence-corrected chi connectivity index (χ3v) is 7.99. The number of rotatable bonds is 5. The minimum absolute atomic E-state index is 0.145. The first-order valence-electron chi connectivity index (χ1n) is 13.2. The molecule has 2 fully saturated rings. The molecule has 0 bridgehead atoms. The molecule has 2 aliphatic rings. The molecule has 10 heteroatoms. The summed E-state index contributed by atoms with van der Waals surface area (Å²) in [5.74, 6) is -0.582. The number of anilines is 1. The smallest absolute Gasteiger partial charge is 0.414 e. The number of hydrogen-bond donors (Lipinski definition) is 0. The van der Waals surface area contributed by atoms with Crippen molar-refractivity contribution in [3.8, 4) is 11.1 Å². The Labute approximate surface area is 224 Å². The van der Waals surface area contributed by atoms with Gasteiger partial charge in [0.2, 0.25) is 0 Å². The SMILES string of the molecule is COC1CCC(n2c([C@@H]3CCOC(=O)N3c3ccc(F)c(F)c3)nc3cc(-c4c(C)noc4C)ccc32)CC1. The lowest BCUT2D eigenvalue weighted by atomic mass is 9.92. The number of hydrogen-bond acceptors (Lipinski definition) is 6. The van der Waals surface area contributed by atoms with E-state index in [9.17, 15) is 13.6 Å². The maximum atomic E-state index is 14.2. The third kappa shape index (κ3) is 4.46. The highest BCUT2D eigenvalue weighted by Gasteiger charge is 2.38. The van der Waals surface area contributed by atoms with Crippen molar-refractivity contribution in [1.82, 2.24) is 14.7 Å². The number of aromatic nitrogens is 3. The number of nitrogens with zero attached hydrogens (tertiary/aromatic N) is 4. The summed E-state index contributed by atoms with van der Waals surface area (Å²) in [7, 11) is 1.74. The second kappa shape index (κ2) is 10.1. The Hall–Kier alpha value is -3.79. The second-order valence-electron chi connectivity index (χ2n) is 10.3. The van der Waals surface area contributed by atoms with E-state index in [2.05, 4.69) is 15.8 Å². The topological polar surface area (TPSA) is 82.6 Å². The van der Waals surface area contributed by atoms with Crippen molar-refractivity contribution < 1.29 is 27.6 Å². The number of ether oxygens (including phenoxy) is 2. The Balaban J connectivity index is 1.50. The monoisotopic (exact) mass is 536 g/mol. The van der Waals surface area contributed by atoms with Gasteiger partial charge in [0.15, 0.2) is 11.6 Å². The summed E-state index contributed by atoms with van der Waals surface area (Å²) in [6.07, 6.45) is 3.67. The first-order chi connectivity index (χ1) is 18.9. The number of imidazole rings is 1. The molecule has 3 heterocycles. The molecule has 1 aliphatic carbocycles.